The topological polar surface area (TPSA) is 84.2 Å². The third-order valence-electron chi connectivity index (χ3n) is 4.44. The Hall–Kier alpha value is -2.44. The van der Waals surface area contributed by atoms with Crippen LogP contribution in [0.4, 0.5) is 5.82 Å². The molecule has 1 saturated carbocycles. The summed E-state index contributed by atoms with van der Waals surface area (Å²) in [7, 11) is 0. The second kappa shape index (κ2) is 5.98. The van der Waals surface area contributed by atoms with Gasteiger partial charge in [-0.25, -0.2) is 0 Å². The van der Waals surface area contributed by atoms with Crippen LogP contribution in [0.2, 0.25) is 0 Å². The smallest absolute Gasteiger partial charge is 0.292 e. The highest BCUT2D eigenvalue weighted by atomic mass is 16.5. The van der Waals surface area contributed by atoms with Gasteiger partial charge in [0.25, 0.3) is 5.91 Å². The molecule has 2 fully saturated rings. The molecule has 2 aromatic heterocycles. The molecule has 4 rings (SSSR count). The molecule has 120 valence electrons. The first-order valence-electron chi connectivity index (χ1n) is 8.10. The van der Waals surface area contributed by atoms with Crippen LogP contribution in [0, 0.1) is 0 Å². The predicted octanol–water partition coefficient (Wildman–Crippen LogP) is 2.06. The van der Waals surface area contributed by atoms with E-state index in [1.54, 1.807) is 6.20 Å². The number of nitrogens with one attached hydrogen (secondary N) is 1. The maximum Gasteiger partial charge on any atom is 0.292 e. The summed E-state index contributed by atoms with van der Waals surface area (Å²) < 4.78 is 5.23. The van der Waals surface area contributed by atoms with Crippen molar-refractivity contribution in [2.45, 2.75) is 37.6 Å². The molecule has 0 aromatic carbocycles. The Balaban J connectivity index is 1.32. The van der Waals surface area contributed by atoms with Gasteiger partial charge in [0, 0.05) is 37.3 Å². The van der Waals surface area contributed by atoms with Gasteiger partial charge in [-0.15, -0.1) is 5.10 Å². The molecule has 1 aliphatic carbocycles. The van der Waals surface area contributed by atoms with Crippen LogP contribution in [0.1, 0.15) is 47.8 Å². The van der Waals surface area contributed by atoms with E-state index in [9.17, 15) is 4.79 Å². The van der Waals surface area contributed by atoms with Crippen molar-refractivity contribution in [1.82, 2.24) is 20.3 Å². The summed E-state index contributed by atoms with van der Waals surface area (Å²) in [5, 5.41) is 15.3. The first kappa shape index (κ1) is 14.2. The molecule has 1 aliphatic heterocycles. The lowest BCUT2D eigenvalue weighted by Gasteiger charge is -2.31. The van der Waals surface area contributed by atoms with Crippen LogP contribution in [-0.2, 0) is 0 Å². The van der Waals surface area contributed by atoms with Gasteiger partial charge in [0.1, 0.15) is 5.82 Å². The average molecular weight is 313 g/mol. The molecular formula is C16H19N5O2. The minimum absolute atomic E-state index is 0.0534. The number of hydrogen-bond acceptors (Lipinski definition) is 6. The normalized spacial score (nSPS) is 18.9. The van der Waals surface area contributed by atoms with E-state index in [1.807, 2.05) is 23.1 Å². The van der Waals surface area contributed by atoms with Crippen molar-refractivity contribution in [3.8, 4) is 0 Å². The standard InChI is InChI=1S/C16H19N5O2/c22-16(14-10-13(20-23-14)11-3-4-11)21-8-5-12(6-9-21)18-15-2-1-7-17-19-15/h1-2,7,10-12H,3-6,8-9H2,(H,18,19). The molecule has 23 heavy (non-hydrogen) atoms. The zero-order valence-corrected chi connectivity index (χ0v) is 12.8. The third kappa shape index (κ3) is 3.18. The van der Waals surface area contributed by atoms with Gasteiger partial charge in [-0.2, -0.15) is 5.10 Å². The van der Waals surface area contributed by atoms with Crippen molar-refractivity contribution in [3.63, 3.8) is 0 Å². The monoisotopic (exact) mass is 313 g/mol. The van der Waals surface area contributed by atoms with E-state index < -0.39 is 0 Å². The lowest BCUT2D eigenvalue weighted by molar-refractivity contribution is 0.0676. The van der Waals surface area contributed by atoms with Gasteiger partial charge >= 0.3 is 0 Å². The van der Waals surface area contributed by atoms with Crippen LogP contribution in [-0.4, -0.2) is 45.3 Å². The molecule has 2 aliphatic rings. The summed E-state index contributed by atoms with van der Waals surface area (Å²) in [6.45, 7) is 1.41. The molecule has 3 heterocycles. The van der Waals surface area contributed by atoms with E-state index in [0.717, 1.165) is 37.2 Å². The molecular weight excluding hydrogens is 294 g/mol. The largest absolute Gasteiger partial charge is 0.366 e. The Morgan fingerprint density at radius 3 is 2.78 bits per heavy atom. The SMILES string of the molecule is O=C(c1cc(C2CC2)no1)N1CCC(Nc2cccnn2)CC1. The number of aromatic nitrogens is 3. The second-order valence-electron chi connectivity index (χ2n) is 6.21. The van der Waals surface area contributed by atoms with Crippen LogP contribution in [0.25, 0.3) is 0 Å². The molecule has 0 bridgehead atoms. The lowest BCUT2D eigenvalue weighted by Crippen LogP contribution is -2.42. The van der Waals surface area contributed by atoms with Crippen LogP contribution < -0.4 is 5.32 Å². The molecule has 7 heteroatoms. The Morgan fingerprint density at radius 2 is 2.09 bits per heavy atom. The molecule has 2 aromatic rings. The summed E-state index contributed by atoms with van der Waals surface area (Å²) in [5.41, 5.74) is 0.924. The number of carbonyl (C=O) groups excluding carboxylic acids is 1. The molecule has 0 atom stereocenters. The molecule has 1 saturated heterocycles. The minimum atomic E-state index is -0.0534. The zero-order valence-electron chi connectivity index (χ0n) is 12.8. The van der Waals surface area contributed by atoms with Crippen LogP contribution >= 0.6 is 0 Å². The summed E-state index contributed by atoms with van der Waals surface area (Å²) in [6, 6.07) is 5.88. The number of piperidine rings is 1. The van der Waals surface area contributed by atoms with Crippen molar-refractivity contribution in [2.75, 3.05) is 18.4 Å². The van der Waals surface area contributed by atoms with E-state index >= 15 is 0 Å². The summed E-state index contributed by atoms with van der Waals surface area (Å²) in [6.07, 6.45) is 5.72. The van der Waals surface area contributed by atoms with Crippen LogP contribution in [0.15, 0.2) is 28.9 Å². The number of anilines is 1. The van der Waals surface area contributed by atoms with Gasteiger partial charge in [0.15, 0.2) is 0 Å². The molecule has 1 N–H and O–H groups in total. The van der Waals surface area contributed by atoms with Gasteiger partial charge < -0.3 is 14.7 Å². The highest BCUT2D eigenvalue weighted by Crippen LogP contribution is 2.39. The number of hydrogen-bond donors (Lipinski definition) is 1. The van der Waals surface area contributed by atoms with Crippen molar-refractivity contribution in [3.05, 3.63) is 35.9 Å². The molecule has 7 nitrogen and oxygen atoms in total. The number of rotatable bonds is 4. The van der Waals surface area contributed by atoms with E-state index in [0.29, 0.717) is 30.8 Å². The molecule has 0 unspecified atom stereocenters. The summed E-state index contributed by atoms with van der Waals surface area (Å²) in [4.78, 5) is 14.3. The zero-order chi connectivity index (χ0) is 15.6. The van der Waals surface area contributed by atoms with Crippen LogP contribution in [0.3, 0.4) is 0 Å². The average Bonchev–Trinajstić information content (AvgIpc) is 3.33. The highest BCUT2D eigenvalue weighted by Gasteiger charge is 2.30. The predicted molar refractivity (Wildman–Crippen MR) is 83.1 cm³/mol. The van der Waals surface area contributed by atoms with Gasteiger partial charge in [-0.3, -0.25) is 4.79 Å². The first-order chi connectivity index (χ1) is 11.3. The molecule has 1 amide bonds. The quantitative estimate of drug-likeness (QED) is 0.930. The Labute approximate surface area is 134 Å². The van der Waals surface area contributed by atoms with Crippen molar-refractivity contribution in [2.24, 2.45) is 0 Å². The van der Waals surface area contributed by atoms with E-state index in [-0.39, 0.29) is 5.91 Å². The second-order valence-corrected chi connectivity index (χ2v) is 6.21. The summed E-state index contributed by atoms with van der Waals surface area (Å²) in [5.74, 6) is 1.60. The highest BCUT2D eigenvalue weighted by molar-refractivity contribution is 5.91. The lowest BCUT2D eigenvalue weighted by atomic mass is 10.0. The number of likely N-dealkylation sites (tertiary alicyclic amines) is 1. The van der Waals surface area contributed by atoms with Gasteiger partial charge in [0.05, 0.1) is 5.69 Å². The molecule has 0 radical (unpaired) electrons. The van der Waals surface area contributed by atoms with E-state index in [4.69, 9.17) is 4.52 Å². The van der Waals surface area contributed by atoms with Crippen LogP contribution in [0.5, 0.6) is 0 Å². The maximum atomic E-state index is 12.5. The minimum Gasteiger partial charge on any atom is -0.366 e. The summed E-state index contributed by atoms with van der Waals surface area (Å²) >= 11 is 0. The Bertz CT molecular complexity index is 675. The maximum absolute atomic E-state index is 12.5. The van der Waals surface area contributed by atoms with Gasteiger partial charge in [-0.05, 0) is 37.8 Å². The van der Waals surface area contributed by atoms with Crippen molar-refractivity contribution < 1.29 is 9.32 Å². The number of amides is 1. The fraction of sp³-hybridized carbons (Fsp3) is 0.500. The molecule has 0 spiro atoms. The van der Waals surface area contributed by atoms with Gasteiger partial charge in [-0.1, -0.05) is 5.16 Å². The fourth-order valence-electron chi connectivity index (χ4n) is 2.93. The Kier molecular flexibility index (Phi) is 3.69. The van der Waals surface area contributed by atoms with E-state index in [2.05, 4.69) is 20.7 Å². The fourth-order valence-corrected chi connectivity index (χ4v) is 2.93. The number of carbonyl (C=O) groups is 1. The third-order valence-corrected chi connectivity index (χ3v) is 4.44. The van der Waals surface area contributed by atoms with Crippen molar-refractivity contribution in [1.29, 1.82) is 0 Å². The van der Waals surface area contributed by atoms with E-state index in [1.165, 1.54) is 0 Å². The Morgan fingerprint density at radius 1 is 1.26 bits per heavy atom. The number of nitrogens with zero attached hydrogens (tertiary/aromatic N) is 4. The van der Waals surface area contributed by atoms with Gasteiger partial charge in [0.2, 0.25) is 5.76 Å². The first-order valence-corrected chi connectivity index (χ1v) is 8.10. The van der Waals surface area contributed by atoms with Crippen molar-refractivity contribution >= 4 is 11.7 Å².